The van der Waals surface area contributed by atoms with E-state index in [4.69, 9.17) is 0 Å². The molecule has 168 valence electrons. The number of imidazole rings is 1. The zero-order chi connectivity index (χ0) is 23.7. The Kier molecular flexibility index (Phi) is 5.56. The van der Waals surface area contributed by atoms with Crippen LogP contribution in [-0.2, 0) is 7.05 Å². The number of pyridine rings is 2. The Labute approximate surface area is 195 Å². The third-order valence-corrected chi connectivity index (χ3v) is 5.55. The summed E-state index contributed by atoms with van der Waals surface area (Å²) >= 11 is 0. The number of aryl methyl sites for hydroxylation is 1. The van der Waals surface area contributed by atoms with E-state index in [1.165, 1.54) is 21.3 Å². The van der Waals surface area contributed by atoms with Gasteiger partial charge in [0.1, 0.15) is 11.5 Å². The minimum absolute atomic E-state index is 0.296. The quantitative estimate of drug-likeness (QED) is 0.388. The van der Waals surface area contributed by atoms with Crippen LogP contribution in [0.4, 0.5) is 4.39 Å². The predicted octanol–water partition coefficient (Wildman–Crippen LogP) is 5.07. The highest BCUT2D eigenvalue weighted by atomic mass is 19.1. The Morgan fingerprint density at radius 3 is 2.82 bits per heavy atom. The fraction of sp³-hybridized carbons (Fsp3) is 0.148. The van der Waals surface area contributed by atoms with E-state index in [9.17, 15) is 9.18 Å². The number of rotatable bonds is 4. The Bertz CT molecular complexity index is 1630. The number of nitrogens with one attached hydrogen (secondary N) is 1. The molecule has 0 aliphatic heterocycles. The van der Waals surface area contributed by atoms with Crippen LogP contribution in [0.2, 0.25) is 0 Å². The lowest BCUT2D eigenvalue weighted by molar-refractivity contribution is 0.625. The van der Waals surface area contributed by atoms with E-state index in [-0.39, 0.29) is 5.69 Å². The number of fused-ring (bicyclic) bond motifs is 1. The van der Waals surface area contributed by atoms with Crippen molar-refractivity contribution in [1.29, 1.82) is 0 Å². The molecule has 1 N–H and O–H groups in total. The van der Waals surface area contributed by atoms with Crippen LogP contribution in [0, 0.1) is 17.7 Å². The molecule has 0 radical (unpaired) electrons. The van der Waals surface area contributed by atoms with E-state index in [0.717, 1.165) is 35.0 Å². The van der Waals surface area contributed by atoms with Gasteiger partial charge in [-0.15, -0.1) is 0 Å². The molecule has 0 spiro atoms. The summed E-state index contributed by atoms with van der Waals surface area (Å²) < 4.78 is 17.4. The van der Waals surface area contributed by atoms with Gasteiger partial charge in [-0.25, -0.2) is 14.2 Å². The second-order valence-electron chi connectivity index (χ2n) is 8.06. The standard InChI is InChI=1S/C27H22FN5O/c1-3-4-5-6-18-11-22(28)15-23(12-18)33-25(17-32(2)27(33)34)24-14-19(7-9-29-24)21-13-20-8-10-30-26(20)31-16-21/h7-17H,3-4H2,1-2H3,(H,30,31). The lowest BCUT2D eigenvalue weighted by atomic mass is 10.1. The number of aromatic nitrogens is 5. The van der Waals surface area contributed by atoms with Crippen LogP contribution in [0.3, 0.4) is 0 Å². The monoisotopic (exact) mass is 451 g/mol. The molecular weight excluding hydrogens is 429 g/mol. The highest BCUT2D eigenvalue weighted by molar-refractivity contribution is 5.82. The number of hydrogen-bond donors (Lipinski definition) is 1. The first-order valence-corrected chi connectivity index (χ1v) is 11.0. The smallest absolute Gasteiger partial charge is 0.333 e. The van der Waals surface area contributed by atoms with E-state index in [1.54, 1.807) is 31.7 Å². The first-order chi connectivity index (χ1) is 16.5. The van der Waals surface area contributed by atoms with Gasteiger partial charge in [0.15, 0.2) is 0 Å². The Morgan fingerprint density at radius 2 is 1.97 bits per heavy atom. The lowest BCUT2D eigenvalue weighted by Gasteiger charge is -2.09. The maximum atomic E-state index is 14.5. The first kappa shape index (κ1) is 21.4. The molecule has 4 aromatic heterocycles. The van der Waals surface area contributed by atoms with Crippen molar-refractivity contribution in [2.45, 2.75) is 19.8 Å². The molecule has 0 amide bonds. The van der Waals surface area contributed by atoms with Crippen molar-refractivity contribution in [3.8, 4) is 40.0 Å². The average molecular weight is 452 g/mol. The molecule has 6 nitrogen and oxygen atoms in total. The average Bonchev–Trinajstić information content (AvgIpc) is 3.42. The van der Waals surface area contributed by atoms with Gasteiger partial charge in [0.25, 0.3) is 0 Å². The third-order valence-electron chi connectivity index (χ3n) is 5.55. The van der Waals surface area contributed by atoms with E-state index < -0.39 is 5.82 Å². The zero-order valence-electron chi connectivity index (χ0n) is 18.8. The van der Waals surface area contributed by atoms with Crippen molar-refractivity contribution in [3.05, 3.63) is 89.1 Å². The fourth-order valence-corrected chi connectivity index (χ4v) is 3.90. The second-order valence-corrected chi connectivity index (χ2v) is 8.06. The molecule has 0 bridgehead atoms. The molecule has 34 heavy (non-hydrogen) atoms. The number of H-pyrrole nitrogens is 1. The van der Waals surface area contributed by atoms with Gasteiger partial charge in [0.05, 0.1) is 17.1 Å². The van der Waals surface area contributed by atoms with Crippen LogP contribution in [0.25, 0.3) is 39.2 Å². The van der Waals surface area contributed by atoms with Crippen molar-refractivity contribution >= 4 is 11.0 Å². The van der Waals surface area contributed by atoms with Gasteiger partial charge in [-0.3, -0.25) is 9.55 Å². The van der Waals surface area contributed by atoms with E-state index in [2.05, 4.69) is 26.8 Å². The minimum atomic E-state index is -0.451. The SMILES string of the molecule is CCCC#Cc1cc(F)cc(-n2c(-c3cc(-c4cnc5[nH]ccc5c4)ccn3)cn(C)c2=O)c1. The lowest BCUT2D eigenvalue weighted by Crippen LogP contribution is -2.21. The van der Waals surface area contributed by atoms with E-state index >= 15 is 0 Å². The van der Waals surface area contributed by atoms with Gasteiger partial charge in [-0.1, -0.05) is 18.8 Å². The van der Waals surface area contributed by atoms with Crippen LogP contribution < -0.4 is 5.69 Å². The molecule has 0 saturated carbocycles. The summed E-state index contributed by atoms with van der Waals surface area (Å²) in [5.41, 5.74) is 4.44. The van der Waals surface area contributed by atoms with Crippen molar-refractivity contribution < 1.29 is 4.39 Å². The second kappa shape index (κ2) is 8.83. The van der Waals surface area contributed by atoms with Gasteiger partial charge in [0.2, 0.25) is 0 Å². The maximum Gasteiger partial charge on any atom is 0.333 e. The summed E-state index contributed by atoms with van der Waals surface area (Å²) in [4.78, 5) is 25.1. The Hall–Kier alpha value is -4.44. The third kappa shape index (κ3) is 4.02. The molecule has 0 aliphatic rings. The molecule has 0 saturated heterocycles. The summed E-state index contributed by atoms with van der Waals surface area (Å²) in [6.07, 6.45) is 8.69. The molecule has 0 fully saturated rings. The highest BCUT2D eigenvalue weighted by Crippen LogP contribution is 2.27. The molecule has 4 heterocycles. The fourth-order valence-electron chi connectivity index (χ4n) is 3.90. The van der Waals surface area contributed by atoms with Crippen LogP contribution in [0.1, 0.15) is 25.3 Å². The molecular formula is C27H22FN5O. The molecule has 7 heteroatoms. The number of nitrogens with zero attached hydrogens (tertiary/aromatic N) is 4. The zero-order valence-corrected chi connectivity index (χ0v) is 18.8. The largest absolute Gasteiger partial charge is 0.346 e. The number of hydrogen-bond acceptors (Lipinski definition) is 3. The number of aromatic amines is 1. The number of benzene rings is 1. The Morgan fingerprint density at radius 1 is 1.09 bits per heavy atom. The van der Waals surface area contributed by atoms with Gasteiger partial charge >= 0.3 is 5.69 Å². The highest BCUT2D eigenvalue weighted by Gasteiger charge is 2.16. The molecule has 5 rings (SSSR count). The minimum Gasteiger partial charge on any atom is -0.346 e. The van der Waals surface area contributed by atoms with Crippen LogP contribution in [0.5, 0.6) is 0 Å². The first-order valence-electron chi connectivity index (χ1n) is 11.0. The molecule has 1 aromatic carbocycles. The van der Waals surface area contributed by atoms with Gasteiger partial charge in [-0.2, -0.15) is 0 Å². The summed E-state index contributed by atoms with van der Waals surface area (Å²) in [6.45, 7) is 2.04. The molecule has 0 atom stereocenters. The number of unbranched alkanes of at least 4 members (excludes halogenated alkanes) is 1. The van der Waals surface area contributed by atoms with Crippen molar-refractivity contribution in [2.75, 3.05) is 0 Å². The van der Waals surface area contributed by atoms with Crippen molar-refractivity contribution in [2.24, 2.45) is 7.05 Å². The van der Waals surface area contributed by atoms with E-state index in [1.807, 2.05) is 37.4 Å². The van der Waals surface area contributed by atoms with Crippen LogP contribution in [0.15, 0.2) is 72.0 Å². The summed E-state index contributed by atoms with van der Waals surface area (Å²) in [5.74, 6) is 5.57. The molecule has 5 aromatic rings. The van der Waals surface area contributed by atoms with Crippen molar-refractivity contribution in [1.82, 2.24) is 24.1 Å². The normalized spacial score (nSPS) is 10.9. The van der Waals surface area contributed by atoms with Crippen LogP contribution in [-0.4, -0.2) is 24.1 Å². The summed E-state index contributed by atoms with van der Waals surface area (Å²) in [6, 6.07) is 12.3. The predicted molar refractivity (Wildman–Crippen MR) is 131 cm³/mol. The van der Waals surface area contributed by atoms with Crippen LogP contribution >= 0.6 is 0 Å². The molecule has 0 unspecified atom stereocenters. The molecule has 0 aliphatic carbocycles. The number of halogens is 1. The van der Waals surface area contributed by atoms with Gasteiger partial charge in [-0.05, 0) is 54.4 Å². The van der Waals surface area contributed by atoms with Gasteiger partial charge in [0, 0.05) is 54.8 Å². The van der Waals surface area contributed by atoms with Gasteiger partial charge < -0.3 is 9.55 Å². The summed E-state index contributed by atoms with van der Waals surface area (Å²) in [5, 5.41) is 1.00. The summed E-state index contributed by atoms with van der Waals surface area (Å²) in [7, 11) is 1.66. The topological polar surface area (TPSA) is 68.5 Å². The maximum absolute atomic E-state index is 14.5. The van der Waals surface area contributed by atoms with E-state index in [0.29, 0.717) is 22.6 Å². The van der Waals surface area contributed by atoms with Crippen molar-refractivity contribution in [3.63, 3.8) is 0 Å². The Balaban J connectivity index is 1.62.